The molecule has 1 unspecified atom stereocenters. The van der Waals surface area contributed by atoms with Crippen molar-refractivity contribution in [1.82, 2.24) is 5.01 Å². The van der Waals surface area contributed by atoms with Gasteiger partial charge >= 0.3 is 0 Å². The third kappa shape index (κ3) is 3.14. The van der Waals surface area contributed by atoms with Gasteiger partial charge in [-0.25, -0.2) is 22.6 Å². The van der Waals surface area contributed by atoms with E-state index in [-0.39, 0.29) is 16.4 Å². The molecule has 1 atom stereocenters. The van der Waals surface area contributed by atoms with Gasteiger partial charge in [0.25, 0.3) is 5.91 Å². The number of hydrogen-bond donors (Lipinski definition) is 1. The highest BCUT2D eigenvalue weighted by molar-refractivity contribution is 8.13. The first-order valence-corrected chi connectivity index (χ1v) is 8.64. The number of carbonyl (C=O) groups excluding carboxylic acids is 1. The maximum atomic E-state index is 14.2. The Morgan fingerprint density at radius 1 is 1.04 bits per heavy atom. The number of hydrogen-bond acceptors (Lipinski definition) is 4. The largest absolute Gasteiger partial charge is 0.289 e. The molecule has 2 aromatic rings. The van der Waals surface area contributed by atoms with Gasteiger partial charge in [-0.1, -0.05) is 17.8 Å². The second-order valence-corrected chi connectivity index (χ2v) is 6.48. The fraction of sp³-hybridized carbons (Fsp3) is 0.176. The van der Waals surface area contributed by atoms with Gasteiger partial charge in [0, 0.05) is 17.7 Å². The Labute approximate surface area is 150 Å². The van der Waals surface area contributed by atoms with Gasteiger partial charge in [-0.2, -0.15) is 5.01 Å². The molecule has 0 aliphatic carbocycles. The summed E-state index contributed by atoms with van der Waals surface area (Å²) in [6, 6.07) is 5.54. The number of nitrogens with one attached hydrogen (secondary N) is 1. The fourth-order valence-corrected chi connectivity index (χ4v) is 3.22. The van der Waals surface area contributed by atoms with Gasteiger partial charge in [0.15, 0.2) is 10.7 Å². The van der Waals surface area contributed by atoms with Crippen LogP contribution in [0.1, 0.15) is 12.5 Å². The number of hydrazine groups is 1. The maximum Gasteiger partial charge on any atom is 0.279 e. The Bertz CT molecular complexity index is 901. The standard InChI is InChI=1S/C17H13F4N3OS/c1-17(13-4-3-9(18)8-14(13)21)15(25)24(16(22-17)26-2)23-12-6-10(19)5-11(20)7-12/h3-8,23H,1-2H3. The van der Waals surface area contributed by atoms with Crippen LogP contribution < -0.4 is 5.43 Å². The number of rotatable bonds is 3. The molecule has 1 aliphatic rings. The number of aliphatic imine (C=N–C) groups is 1. The van der Waals surface area contributed by atoms with Crippen LogP contribution in [0.2, 0.25) is 0 Å². The molecule has 1 heterocycles. The highest BCUT2D eigenvalue weighted by Crippen LogP contribution is 2.37. The van der Waals surface area contributed by atoms with Crippen LogP contribution in [-0.2, 0) is 10.3 Å². The average molecular weight is 383 g/mol. The number of amidine groups is 1. The zero-order chi connectivity index (χ0) is 19.1. The Hall–Kier alpha value is -2.55. The van der Waals surface area contributed by atoms with Gasteiger partial charge in [0.1, 0.15) is 23.3 Å². The van der Waals surface area contributed by atoms with E-state index >= 15 is 0 Å². The molecule has 9 heteroatoms. The van der Waals surface area contributed by atoms with Gasteiger partial charge in [-0.15, -0.1) is 0 Å². The summed E-state index contributed by atoms with van der Waals surface area (Å²) in [6.07, 6.45) is 1.64. The minimum atomic E-state index is -1.64. The summed E-state index contributed by atoms with van der Waals surface area (Å²) in [6.45, 7) is 1.38. The molecule has 1 amide bonds. The molecule has 1 N–H and O–H groups in total. The van der Waals surface area contributed by atoms with E-state index in [1.807, 2.05) is 0 Å². The van der Waals surface area contributed by atoms with Gasteiger partial charge in [0.05, 0.1) is 5.69 Å². The first kappa shape index (κ1) is 18.2. The lowest BCUT2D eigenvalue weighted by Crippen LogP contribution is -2.42. The molecule has 0 saturated heterocycles. The Morgan fingerprint density at radius 2 is 1.69 bits per heavy atom. The van der Waals surface area contributed by atoms with E-state index in [0.717, 1.165) is 41.0 Å². The molecular weight excluding hydrogens is 370 g/mol. The Morgan fingerprint density at radius 3 is 2.27 bits per heavy atom. The predicted molar refractivity (Wildman–Crippen MR) is 91.5 cm³/mol. The van der Waals surface area contributed by atoms with E-state index in [2.05, 4.69) is 10.4 Å². The van der Waals surface area contributed by atoms with Crippen LogP contribution in [-0.4, -0.2) is 22.3 Å². The third-order valence-corrected chi connectivity index (χ3v) is 4.51. The van der Waals surface area contributed by atoms with E-state index in [4.69, 9.17) is 0 Å². The van der Waals surface area contributed by atoms with Crippen LogP contribution in [0.5, 0.6) is 0 Å². The van der Waals surface area contributed by atoms with E-state index < -0.39 is 34.7 Å². The number of anilines is 1. The van der Waals surface area contributed by atoms with Gasteiger partial charge in [-0.3, -0.25) is 10.2 Å². The molecule has 26 heavy (non-hydrogen) atoms. The third-order valence-electron chi connectivity index (χ3n) is 3.87. The second-order valence-electron chi connectivity index (χ2n) is 5.71. The summed E-state index contributed by atoms with van der Waals surface area (Å²) >= 11 is 1.09. The van der Waals surface area contributed by atoms with Crippen LogP contribution in [0, 0.1) is 23.3 Å². The van der Waals surface area contributed by atoms with Crippen LogP contribution in [0.15, 0.2) is 41.4 Å². The van der Waals surface area contributed by atoms with Crippen molar-refractivity contribution >= 4 is 28.5 Å². The Kier molecular flexibility index (Phi) is 4.66. The molecule has 1 aliphatic heterocycles. The van der Waals surface area contributed by atoms with Crippen molar-refractivity contribution in [3.63, 3.8) is 0 Å². The molecule has 0 saturated carbocycles. The quantitative estimate of drug-likeness (QED) is 0.814. The maximum absolute atomic E-state index is 14.2. The lowest BCUT2D eigenvalue weighted by molar-refractivity contribution is -0.130. The van der Waals surface area contributed by atoms with E-state index in [1.165, 1.54) is 6.92 Å². The summed E-state index contributed by atoms with van der Waals surface area (Å²) in [7, 11) is 0. The molecular formula is C17H13F4N3OS. The van der Waals surface area contributed by atoms with E-state index in [0.29, 0.717) is 12.1 Å². The lowest BCUT2D eigenvalue weighted by Gasteiger charge is -2.24. The first-order valence-electron chi connectivity index (χ1n) is 7.41. The van der Waals surface area contributed by atoms with Crippen molar-refractivity contribution in [2.75, 3.05) is 11.7 Å². The van der Waals surface area contributed by atoms with Gasteiger partial charge < -0.3 is 0 Å². The summed E-state index contributed by atoms with van der Waals surface area (Å²) in [4.78, 5) is 17.1. The highest BCUT2D eigenvalue weighted by Gasteiger charge is 2.47. The second kappa shape index (κ2) is 6.64. The van der Waals surface area contributed by atoms with Crippen molar-refractivity contribution in [2.24, 2.45) is 4.99 Å². The minimum Gasteiger partial charge on any atom is -0.289 e. The smallest absolute Gasteiger partial charge is 0.279 e. The molecule has 0 aromatic heterocycles. The molecule has 136 valence electrons. The van der Waals surface area contributed by atoms with Crippen molar-refractivity contribution in [3.8, 4) is 0 Å². The summed E-state index contributed by atoms with van der Waals surface area (Å²) in [5, 5.41) is 1.16. The molecule has 2 aromatic carbocycles. The van der Waals surface area contributed by atoms with Crippen molar-refractivity contribution in [2.45, 2.75) is 12.5 Å². The van der Waals surface area contributed by atoms with Crippen molar-refractivity contribution in [1.29, 1.82) is 0 Å². The van der Waals surface area contributed by atoms with Crippen LogP contribution in [0.4, 0.5) is 23.2 Å². The number of benzene rings is 2. The predicted octanol–water partition coefficient (Wildman–Crippen LogP) is 4.05. The number of amides is 1. The van der Waals surface area contributed by atoms with Gasteiger partial charge in [-0.05, 0) is 31.4 Å². The monoisotopic (exact) mass is 383 g/mol. The topological polar surface area (TPSA) is 44.7 Å². The summed E-state index contributed by atoms with van der Waals surface area (Å²) in [5.74, 6) is -4.01. The van der Waals surface area contributed by atoms with Gasteiger partial charge in [0.2, 0.25) is 0 Å². The minimum absolute atomic E-state index is 0.0126. The molecule has 3 rings (SSSR count). The number of nitrogens with zero attached hydrogens (tertiary/aromatic N) is 2. The van der Waals surface area contributed by atoms with Crippen LogP contribution >= 0.6 is 11.8 Å². The molecule has 0 bridgehead atoms. The molecule has 4 nitrogen and oxygen atoms in total. The van der Waals surface area contributed by atoms with Crippen molar-refractivity contribution in [3.05, 3.63) is 65.2 Å². The fourth-order valence-electron chi connectivity index (χ4n) is 2.64. The van der Waals surface area contributed by atoms with E-state index in [1.54, 1.807) is 6.26 Å². The molecule has 0 fully saturated rings. The van der Waals surface area contributed by atoms with Crippen LogP contribution in [0.25, 0.3) is 0 Å². The zero-order valence-corrected chi connectivity index (χ0v) is 14.5. The Balaban J connectivity index is 1.99. The average Bonchev–Trinajstić information content (AvgIpc) is 2.79. The molecule has 0 radical (unpaired) electrons. The number of halogens is 4. The van der Waals surface area contributed by atoms with Crippen molar-refractivity contribution < 1.29 is 22.4 Å². The van der Waals surface area contributed by atoms with E-state index in [9.17, 15) is 22.4 Å². The highest BCUT2D eigenvalue weighted by atomic mass is 32.2. The van der Waals surface area contributed by atoms with Crippen LogP contribution in [0.3, 0.4) is 0 Å². The lowest BCUT2D eigenvalue weighted by atomic mass is 9.92. The number of thioether (sulfide) groups is 1. The normalized spacial score (nSPS) is 19.7. The SMILES string of the molecule is CSC1=NC(C)(c2ccc(F)cc2F)C(=O)N1Nc1cc(F)cc(F)c1. The molecule has 0 spiro atoms. The summed E-state index contributed by atoms with van der Waals surface area (Å²) < 4.78 is 54.1. The first-order chi connectivity index (χ1) is 12.2. The summed E-state index contributed by atoms with van der Waals surface area (Å²) in [5.41, 5.74) is 0.822. The zero-order valence-electron chi connectivity index (χ0n) is 13.7. The number of carbonyl (C=O) groups is 1.